The summed E-state index contributed by atoms with van der Waals surface area (Å²) in [5.74, 6) is -0.646. The molecule has 1 fully saturated rings. The van der Waals surface area contributed by atoms with Gasteiger partial charge in [0.05, 0.1) is 17.0 Å². The van der Waals surface area contributed by atoms with E-state index in [4.69, 9.17) is 0 Å². The Morgan fingerprint density at radius 1 is 1.00 bits per heavy atom. The van der Waals surface area contributed by atoms with E-state index in [0.717, 1.165) is 10.0 Å². The van der Waals surface area contributed by atoms with Gasteiger partial charge in [-0.2, -0.15) is 10.5 Å². The maximum Gasteiger partial charge on any atom is 0.184 e. The molecule has 0 amide bonds. The molecule has 0 saturated heterocycles. The van der Waals surface area contributed by atoms with Gasteiger partial charge in [0.2, 0.25) is 0 Å². The van der Waals surface area contributed by atoms with Crippen LogP contribution >= 0.6 is 15.9 Å². The number of nitriles is 2. The summed E-state index contributed by atoms with van der Waals surface area (Å²) in [6.45, 7) is 1.87. The third kappa shape index (κ3) is 2.43. The summed E-state index contributed by atoms with van der Waals surface area (Å²) < 4.78 is 26.8. The number of aryl methyl sites for hydroxylation is 1. The highest BCUT2D eigenvalue weighted by molar-refractivity contribution is 9.10. The van der Waals surface area contributed by atoms with E-state index >= 15 is 0 Å². The van der Waals surface area contributed by atoms with Crippen LogP contribution in [0.5, 0.6) is 0 Å². The third-order valence-corrected chi connectivity index (χ3v) is 7.19. The minimum Gasteiger partial charge on any atom is -0.223 e. The van der Waals surface area contributed by atoms with Gasteiger partial charge >= 0.3 is 0 Å². The maximum atomic E-state index is 13.0. The lowest BCUT2D eigenvalue weighted by atomic mass is 10.0. The number of nitrogens with zero attached hydrogens (tertiary/aromatic N) is 2. The van der Waals surface area contributed by atoms with E-state index in [1.165, 1.54) is 12.1 Å². The quantitative estimate of drug-likeness (QED) is 0.785. The molecule has 2 aromatic rings. The summed E-state index contributed by atoms with van der Waals surface area (Å²) in [4.78, 5) is 0.146. The molecule has 2 aromatic carbocycles. The minimum atomic E-state index is -3.78. The van der Waals surface area contributed by atoms with E-state index in [9.17, 15) is 18.9 Å². The van der Waals surface area contributed by atoms with Gasteiger partial charge in [-0.15, -0.1) is 0 Å². The first-order chi connectivity index (χ1) is 11.4. The van der Waals surface area contributed by atoms with Gasteiger partial charge in [0.25, 0.3) is 0 Å². The molecule has 1 aliphatic rings. The molecule has 0 N–H and O–H groups in total. The summed E-state index contributed by atoms with van der Waals surface area (Å²) in [6.07, 6.45) is 0. The van der Waals surface area contributed by atoms with E-state index in [2.05, 4.69) is 15.9 Å². The monoisotopic (exact) mass is 400 g/mol. The van der Waals surface area contributed by atoms with Crippen molar-refractivity contribution in [2.24, 2.45) is 5.41 Å². The van der Waals surface area contributed by atoms with Gasteiger partial charge in [0.15, 0.2) is 15.3 Å². The SMILES string of the molecule is Cc1ccc(S(=O)(=O)[C@H]2[C@H](c3ccc(Br)cc3)C2(C#N)C#N)cc1. The molecule has 0 aliphatic heterocycles. The van der Waals surface area contributed by atoms with Gasteiger partial charge in [-0.3, -0.25) is 0 Å². The first kappa shape index (κ1) is 16.7. The van der Waals surface area contributed by atoms with E-state index in [0.29, 0.717) is 5.56 Å². The number of hydrogen-bond acceptors (Lipinski definition) is 4. The third-order valence-electron chi connectivity index (χ3n) is 4.42. The Morgan fingerprint density at radius 3 is 2.04 bits per heavy atom. The first-order valence-electron chi connectivity index (χ1n) is 7.25. The predicted octanol–water partition coefficient (Wildman–Crippen LogP) is 3.73. The number of halogens is 1. The number of benzene rings is 2. The average molecular weight is 401 g/mol. The van der Waals surface area contributed by atoms with Gasteiger partial charge in [0.1, 0.15) is 5.25 Å². The van der Waals surface area contributed by atoms with Crippen LogP contribution in [0, 0.1) is 35.0 Å². The zero-order valence-electron chi connectivity index (χ0n) is 12.8. The zero-order chi connectivity index (χ0) is 17.5. The molecule has 120 valence electrons. The van der Waals surface area contributed by atoms with Gasteiger partial charge in [-0.1, -0.05) is 45.8 Å². The second-order valence-electron chi connectivity index (χ2n) is 5.90. The van der Waals surface area contributed by atoms with Gasteiger partial charge < -0.3 is 0 Å². The van der Waals surface area contributed by atoms with Crippen molar-refractivity contribution in [2.45, 2.75) is 23.0 Å². The van der Waals surface area contributed by atoms with Gasteiger partial charge in [0, 0.05) is 10.4 Å². The molecule has 24 heavy (non-hydrogen) atoms. The Hall–Kier alpha value is -2.15. The Morgan fingerprint density at radius 2 is 1.54 bits per heavy atom. The van der Waals surface area contributed by atoms with Crippen LogP contribution in [0.1, 0.15) is 17.0 Å². The molecule has 6 heteroatoms. The maximum absolute atomic E-state index is 13.0. The van der Waals surface area contributed by atoms with Crippen molar-refractivity contribution in [3.8, 4) is 12.1 Å². The lowest BCUT2D eigenvalue weighted by Gasteiger charge is -2.04. The number of rotatable bonds is 3. The predicted molar refractivity (Wildman–Crippen MR) is 92.7 cm³/mol. The Kier molecular flexibility index (Phi) is 3.99. The Bertz CT molecular complexity index is 954. The lowest BCUT2D eigenvalue weighted by Crippen LogP contribution is -2.14. The van der Waals surface area contributed by atoms with E-state index in [-0.39, 0.29) is 4.90 Å². The standard InChI is InChI=1S/C18H13BrN2O2S/c1-12-2-8-15(9-3-12)24(22,23)17-16(18(17,10-20)11-21)13-4-6-14(19)7-5-13/h2-9,16-17H,1H3/t16-,17-/m0/s1. The average Bonchev–Trinajstić information content (AvgIpc) is 3.26. The minimum absolute atomic E-state index is 0.146. The van der Waals surface area contributed by atoms with Crippen LogP contribution in [0.25, 0.3) is 0 Å². The van der Waals surface area contributed by atoms with Crippen LogP contribution in [-0.2, 0) is 9.84 Å². The van der Waals surface area contributed by atoms with Crippen LogP contribution in [0.15, 0.2) is 57.9 Å². The van der Waals surface area contributed by atoms with Crippen LogP contribution in [0.2, 0.25) is 0 Å². The van der Waals surface area contributed by atoms with Crippen LogP contribution in [-0.4, -0.2) is 13.7 Å². The topological polar surface area (TPSA) is 81.7 Å². The first-order valence-corrected chi connectivity index (χ1v) is 9.59. The van der Waals surface area contributed by atoms with E-state index in [1.54, 1.807) is 36.4 Å². The molecule has 0 bridgehead atoms. The van der Waals surface area contributed by atoms with Gasteiger partial charge in [-0.05, 0) is 36.8 Å². The summed E-state index contributed by atoms with van der Waals surface area (Å²) in [5, 5.41) is 18.0. The van der Waals surface area contributed by atoms with Crippen molar-refractivity contribution >= 4 is 25.8 Å². The van der Waals surface area contributed by atoms with Crippen molar-refractivity contribution in [1.82, 2.24) is 0 Å². The zero-order valence-corrected chi connectivity index (χ0v) is 15.2. The summed E-state index contributed by atoms with van der Waals surface area (Å²) in [6, 6.07) is 17.5. The molecular weight excluding hydrogens is 388 g/mol. The normalized spacial score (nSPS) is 21.5. The molecule has 1 saturated carbocycles. The van der Waals surface area contributed by atoms with Crippen molar-refractivity contribution in [1.29, 1.82) is 10.5 Å². The fourth-order valence-electron chi connectivity index (χ4n) is 3.05. The van der Waals surface area contributed by atoms with E-state index < -0.39 is 26.4 Å². The largest absolute Gasteiger partial charge is 0.223 e. The molecule has 0 heterocycles. The second-order valence-corrected chi connectivity index (χ2v) is 8.89. The highest BCUT2D eigenvalue weighted by Gasteiger charge is 2.73. The molecule has 0 aromatic heterocycles. The fraction of sp³-hybridized carbons (Fsp3) is 0.222. The highest BCUT2D eigenvalue weighted by atomic mass is 79.9. The van der Waals surface area contributed by atoms with Crippen LogP contribution < -0.4 is 0 Å². The van der Waals surface area contributed by atoms with Crippen molar-refractivity contribution in [2.75, 3.05) is 0 Å². The van der Waals surface area contributed by atoms with Crippen LogP contribution in [0.4, 0.5) is 0 Å². The second kappa shape index (κ2) is 5.73. The lowest BCUT2D eigenvalue weighted by molar-refractivity contribution is 0.591. The molecule has 2 atom stereocenters. The molecule has 0 spiro atoms. The summed E-state index contributed by atoms with van der Waals surface area (Å²) >= 11 is 3.33. The molecule has 0 radical (unpaired) electrons. The Labute approximate surface area is 149 Å². The molecule has 1 aliphatic carbocycles. The smallest absolute Gasteiger partial charge is 0.184 e. The molecule has 4 nitrogen and oxygen atoms in total. The summed E-state index contributed by atoms with van der Waals surface area (Å²) in [5.41, 5.74) is 0.0837. The van der Waals surface area contributed by atoms with Crippen molar-refractivity contribution in [3.05, 3.63) is 64.1 Å². The molecule has 0 unspecified atom stereocenters. The number of hydrogen-bond donors (Lipinski definition) is 0. The Balaban J connectivity index is 2.09. The summed E-state index contributed by atoms with van der Waals surface area (Å²) in [7, 11) is -3.78. The fourth-order valence-corrected chi connectivity index (χ4v) is 5.52. The molecule has 3 rings (SSSR count). The van der Waals surface area contributed by atoms with Crippen molar-refractivity contribution < 1.29 is 8.42 Å². The molecular formula is C18H13BrN2O2S. The highest BCUT2D eigenvalue weighted by Crippen LogP contribution is 2.63. The van der Waals surface area contributed by atoms with Crippen LogP contribution in [0.3, 0.4) is 0 Å². The van der Waals surface area contributed by atoms with Gasteiger partial charge in [-0.25, -0.2) is 8.42 Å². The van der Waals surface area contributed by atoms with E-state index in [1.807, 2.05) is 19.1 Å². The number of sulfone groups is 1. The van der Waals surface area contributed by atoms with Crippen molar-refractivity contribution in [3.63, 3.8) is 0 Å².